The molecule has 1 amide bonds. The number of hydrogen-bond donors (Lipinski definition) is 1. The SMILES string of the molecule is O=C(NC1CC2CCN(CC2)C1)n1ccc(Br)c1. The zero-order valence-electron chi connectivity index (χ0n) is 10.3. The van der Waals surface area contributed by atoms with Crippen LogP contribution in [-0.2, 0) is 0 Å². The van der Waals surface area contributed by atoms with Crippen LogP contribution in [0.2, 0.25) is 0 Å². The summed E-state index contributed by atoms with van der Waals surface area (Å²) in [6, 6.07) is 2.15. The van der Waals surface area contributed by atoms with Crippen LogP contribution in [0.3, 0.4) is 0 Å². The molecule has 3 fully saturated rings. The highest BCUT2D eigenvalue weighted by molar-refractivity contribution is 9.10. The molecule has 2 bridgehead atoms. The van der Waals surface area contributed by atoms with Gasteiger partial charge in [-0.2, -0.15) is 0 Å². The zero-order chi connectivity index (χ0) is 12.5. The Bertz CT molecular complexity index is 423. The van der Waals surface area contributed by atoms with Crippen LogP contribution in [-0.4, -0.2) is 41.2 Å². The summed E-state index contributed by atoms with van der Waals surface area (Å²) in [4.78, 5) is 14.6. The van der Waals surface area contributed by atoms with Crippen molar-refractivity contribution in [3.05, 3.63) is 22.9 Å². The Labute approximate surface area is 115 Å². The molecule has 0 aromatic carbocycles. The normalized spacial score (nSPS) is 31.1. The summed E-state index contributed by atoms with van der Waals surface area (Å²) in [5, 5.41) is 3.15. The molecule has 3 aliphatic rings. The summed E-state index contributed by atoms with van der Waals surface area (Å²) in [6.07, 6.45) is 7.29. The van der Waals surface area contributed by atoms with Crippen LogP contribution >= 0.6 is 15.9 Å². The van der Waals surface area contributed by atoms with Crippen molar-refractivity contribution in [3.8, 4) is 0 Å². The number of piperidine rings is 1. The van der Waals surface area contributed by atoms with E-state index in [0.29, 0.717) is 6.04 Å². The third-order valence-electron chi connectivity index (χ3n) is 4.02. The number of carbonyl (C=O) groups excluding carboxylic acids is 1. The Morgan fingerprint density at radius 2 is 2.17 bits per heavy atom. The van der Waals surface area contributed by atoms with Crippen molar-refractivity contribution in [2.24, 2.45) is 5.92 Å². The van der Waals surface area contributed by atoms with Gasteiger partial charge in [-0.1, -0.05) is 0 Å². The molecule has 18 heavy (non-hydrogen) atoms. The summed E-state index contributed by atoms with van der Waals surface area (Å²) < 4.78 is 2.54. The van der Waals surface area contributed by atoms with Crippen LogP contribution in [0.1, 0.15) is 19.3 Å². The third-order valence-corrected chi connectivity index (χ3v) is 4.49. The Hall–Kier alpha value is -0.810. The fourth-order valence-corrected chi connectivity index (χ4v) is 3.38. The number of fused-ring (bicyclic) bond motifs is 4. The first-order valence-electron chi connectivity index (χ1n) is 6.57. The Kier molecular flexibility index (Phi) is 3.43. The molecule has 1 atom stereocenters. The van der Waals surface area contributed by atoms with Gasteiger partial charge in [0.05, 0.1) is 0 Å². The lowest BCUT2D eigenvalue weighted by molar-refractivity contribution is 0.217. The quantitative estimate of drug-likeness (QED) is 0.864. The summed E-state index contributed by atoms with van der Waals surface area (Å²) in [5.41, 5.74) is 0. The maximum Gasteiger partial charge on any atom is 0.325 e. The lowest BCUT2D eigenvalue weighted by atomic mass is 9.94. The van der Waals surface area contributed by atoms with E-state index in [1.54, 1.807) is 17.0 Å². The number of halogens is 1. The average Bonchev–Trinajstić information content (AvgIpc) is 2.59. The standard InChI is InChI=1S/C13H18BrN3O/c14-11-3-6-17(8-11)13(18)15-12-7-10-1-4-16(9-12)5-2-10/h3,6,8,10,12H,1-2,4-5,7,9H2,(H,15,18). The molecule has 3 aliphatic heterocycles. The molecule has 1 unspecified atom stereocenters. The van der Waals surface area contributed by atoms with Gasteiger partial charge in [0, 0.05) is 29.5 Å². The highest BCUT2D eigenvalue weighted by atomic mass is 79.9. The first-order valence-corrected chi connectivity index (χ1v) is 7.37. The molecule has 0 saturated carbocycles. The van der Waals surface area contributed by atoms with Crippen molar-refractivity contribution < 1.29 is 4.79 Å². The number of carbonyl (C=O) groups is 1. The highest BCUT2D eigenvalue weighted by Crippen LogP contribution is 2.26. The summed E-state index contributed by atoms with van der Waals surface area (Å²) >= 11 is 3.36. The number of hydrogen-bond acceptors (Lipinski definition) is 2. The first-order chi connectivity index (χ1) is 8.70. The molecule has 1 N–H and O–H groups in total. The average molecular weight is 312 g/mol. The number of amides is 1. The largest absolute Gasteiger partial charge is 0.333 e. The second kappa shape index (κ2) is 5.05. The number of aromatic nitrogens is 1. The van der Waals surface area contributed by atoms with Crippen LogP contribution in [0.15, 0.2) is 22.9 Å². The maximum absolute atomic E-state index is 12.1. The number of rotatable bonds is 1. The molecular weight excluding hydrogens is 294 g/mol. The summed E-state index contributed by atoms with van der Waals surface area (Å²) in [7, 11) is 0. The fraction of sp³-hybridized carbons (Fsp3) is 0.615. The van der Waals surface area contributed by atoms with Gasteiger partial charge in [-0.3, -0.25) is 4.57 Å². The fourth-order valence-electron chi connectivity index (χ4n) is 3.04. The topological polar surface area (TPSA) is 37.3 Å². The van der Waals surface area contributed by atoms with Crippen LogP contribution in [0.25, 0.3) is 0 Å². The second-order valence-corrected chi connectivity index (χ2v) is 6.28. The summed E-state index contributed by atoms with van der Waals surface area (Å²) in [5.74, 6) is 0.797. The van der Waals surface area contributed by atoms with Gasteiger partial charge in [-0.05, 0) is 60.3 Å². The van der Waals surface area contributed by atoms with Crippen LogP contribution in [0, 0.1) is 5.92 Å². The molecule has 5 heteroatoms. The molecule has 1 aromatic rings. The van der Waals surface area contributed by atoms with Crippen LogP contribution in [0.4, 0.5) is 4.79 Å². The zero-order valence-corrected chi connectivity index (χ0v) is 11.9. The molecule has 4 rings (SSSR count). The summed E-state index contributed by atoms with van der Waals surface area (Å²) in [6.45, 7) is 3.41. The molecule has 4 heterocycles. The van der Waals surface area contributed by atoms with Gasteiger partial charge in [0.15, 0.2) is 0 Å². The van der Waals surface area contributed by atoms with E-state index < -0.39 is 0 Å². The van der Waals surface area contributed by atoms with E-state index in [1.807, 2.05) is 6.07 Å². The van der Waals surface area contributed by atoms with E-state index in [9.17, 15) is 4.79 Å². The van der Waals surface area contributed by atoms with E-state index in [0.717, 1.165) is 23.4 Å². The molecule has 4 nitrogen and oxygen atoms in total. The Morgan fingerprint density at radius 1 is 1.39 bits per heavy atom. The monoisotopic (exact) mass is 311 g/mol. The van der Waals surface area contributed by atoms with E-state index >= 15 is 0 Å². The van der Waals surface area contributed by atoms with Crippen molar-refractivity contribution in [2.75, 3.05) is 19.6 Å². The highest BCUT2D eigenvalue weighted by Gasteiger charge is 2.29. The smallest absolute Gasteiger partial charge is 0.325 e. The Balaban J connectivity index is 1.64. The van der Waals surface area contributed by atoms with E-state index in [-0.39, 0.29) is 6.03 Å². The van der Waals surface area contributed by atoms with Gasteiger partial charge in [-0.15, -0.1) is 0 Å². The minimum absolute atomic E-state index is 0.0202. The minimum atomic E-state index is -0.0202. The lowest BCUT2D eigenvalue weighted by Crippen LogP contribution is -2.43. The van der Waals surface area contributed by atoms with E-state index in [1.165, 1.54) is 25.9 Å². The van der Waals surface area contributed by atoms with Crippen LogP contribution < -0.4 is 5.32 Å². The van der Waals surface area contributed by atoms with Gasteiger partial charge < -0.3 is 10.2 Å². The van der Waals surface area contributed by atoms with Crippen molar-refractivity contribution in [2.45, 2.75) is 25.3 Å². The Morgan fingerprint density at radius 3 is 2.83 bits per heavy atom. The predicted molar refractivity (Wildman–Crippen MR) is 73.6 cm³/mol. The second-order valence-electron chi connectivity index (χ2n) is 5.36. The lowest BCUT2D eigenvalue weighted by Gasteiger charge is -2.26. The van der Waals surface area contributed by atoms with Crippen molar-refractivity contribution >= 4 is 22.0 Å². The van der Waals surface area contributed by atoms with E-state index in [4.69, 9.17) is 0 Å². The number of nitrogens with one attached hydrogen (secondary N) is 1. The van der Waals surface area contributed by atoms with Gasteiger partial charge in [0.2, 0.25) is 0 Å². The molecule has 1 aromatic heterocycles. The molecule has 0 spiro atoms. The van der Waals surface area contributed by atoms with Crippen molar-refractivity contribution in [1.29, 1.82) is 0 Å². The molecule has 3 saturated heterocycles. The number of nitrogens with zero attached hydrogens (tertiary/aromatic N) is 2. The molecule has 98 valence electrons. The molecular formula is C13H18BrN3O. The van der Waals surface area contributed by atoms with Gasteiger partial charge >= 0.3 is 6.03 Å². The van der Waals surface area contributed by atoms with Gasteiger partial charge in [0.25, 0.3) is 0 Å². The maximum atomic E-state index is 12.1. The van der Waals surface area contributed by atoms with Gasteiger partial charge in [0.1, 0.15) is 0 Å². The van der Waals surface area contributed by atoms with E-state index in [2.05, 4.69) is 26.1 Å². The third kappa shape index (κ3) is 2.62. The minimum Gasteiger partial charge on any atom is -0.333 e. The van der Waals surface area contributed by atoms with Crippen molar-refractivity contribution in [3.63, 3.8) is 0 Å². The van der Waals surface area contributed by atoms with Crippen molar-refractivity contribution in [1.82, 2.24) is 14.8 Å². The van der Waals surface area contributed by atoms with Gasteiger partial charge in [-0.25, -0.2) is 4.79 Å². The first kappa shape index (κ1) is 12.2. The predicted octanol–water partition coefficient (Wildman–Crippen LogP) is 2.29. The molecule has 0 aliphatic carbocycles. The molecule has 0 radical (unpaired) electrons. The van der Waals surface area contributed by atoms with Crippen LogP contribution in [0.5, 0.6) is 0 Å².